The van der Waals surface area contributed by atoms with Crippen molar-refractivity contribution >= 4 is 33.7 Å². The molecule has 1 aliphatic carbocycles. The molecule has 13 rings (SSSR count). The minimum absolute atomic E-state index is 0.456. The molecule has 0 unspecified atom stereocenters. The molecule has 3 heterocycles. The Kier molecular flexibility index (Phi) is 8.06. The summed E-state index contributed by atoms with van der Waals surface area (Å²) in [6, 6.07) is 78.4. The van der Waals surface area contributed by atoms with Gasteiger partial charge in [0.2, 0.25) is 0 Å². The quantitative estimate of drug-likeness (QED) is 0.173. The lowest BCUT2D eigenvalue weighted by atomic mass is 9.67. The second-order valence-electron chi connectivity index (χ2n) is 16.4. The van der Waals surface area contributed by atoms with Crippen LogP contribution in [0.2, 0.25) is 0 Å². The van der Waals surface area contributed by atoms with Gasteiger partial charge < -0.3 is 4.42 Å². The van der Waals surface area contributed by atoms with Gasteiger partial charge in [-0.3, -0.25) is 0 Å². The maximum absolute atomic E-state index is 6.63. The zero-order chi connectivity index (χ0) is 41.5. The number of fused-ring (bicyclic) bond motifs is 12. The average molecular weight is 821 g/mol. The third-order valence-corrected chi connectivity index (χ3v) is 14.2. The summed E-state index contributed by atoms with van der Waals surface area (Å²) < 4.78 is 6.63. The van der Waals surface area contributed by atoms with Crippen LogP contribution in [-0.2, 0) is 5.41 Å². The molecule has 0 radical (unpaired) electrons. The number of hydrogen-bond donors (Lipinski definition) is 0. The van der Waals surface area contributed by atoms with Gasteiger partial charge in [-0.15, -0.1) is 0 Å². The van der Waals surface area contributed by atoms with Crippen molar-refractivity contribution in [1.29, 1.82) is 0 Å². The van der Waals surface area contributed by atoms with Crippen molar-refractivity contribution in [3.05, 3.63) is 241 Å². The van der Waals surface area contributed by atoms with E-state index in [4.69, 9.17) is 14.4 Å². The van der Waals surface area contributed by atoms with E-state index in [2.05, 4.69) is 206 Å². The molecule has 0 saturated carbocycles. The van der Waals surface area contributed by atoms with Crippen LogP contribution in [-0.4, -0.2) is 9.97 Å². The van der Waals surface area contributed by atoms with Crippen LogP contribution < -0.4 is 0 Å². The number of hydrogen-bond acceptors (Lipinski definition) is 4. The van der Waals surface area contributed by atoms with Crippen molar-refractivity contribution in [2.45, 2.75) is 15.2 Å². The molecule has 1 spiro atoms. The maximum Gasteiger partial charge on any atom is 0.160 e. The minimum atomic E-state index is -0.456. The summed E-state index contributed by atoms with van der Waals surface area (Å²) in [4.78, 5) is 13.5. The maximum atomic E-state index is 6.63. The van der Waals surface area contributed by atoms with Crippen LogP contribution in [0.5, 0.6) is 0 Å². The molecule has 4 heteroatoms. The highest BCUT2D eigenvalue weighted by atomic mass is 32.2. The lowest BCUT2D eigenvalue weighted by Crippen LogP contribution is -2.31. The standard InChI is InChI=1S/C59H36N2OS/c1-2-15-37(16-3-1)38-29-31-39(32-30-38)41-17-4-5-19-43(41)52-36-53(46-22-14-21-45-44-20-7-11-26-54(44)62-57(45)46)61-58(60-52)40-33-34-49-47(35-40)42-18-6-8-23-48(42)59(49)50-24-9-12-27-55(50)63-56-28-13-10-25-51(56)59/h1-36H. The SMILES string of the molecule is c1ccc(-c2ccc(-c3ccccc3-c3cc(-c4cccc5c4oc4ccccc45)nc(-c4ccc5c(c4)-c4ccccc4C54c5ccccc5Sc5ccccc54)n3)cc2)cc1. The van der Waals surface area contributed by atoms with Crippen molar-refractivity contribution in [2.75, 3.05) is 0 Å². The third-order valence-electron chi connectivity index (χ3n) is 13.0. The molecular formula is C59H36N2OS. The second kappa shape index (κ2) is 14.1. The first-order valence-corrected chi connectivity index (χ1v) is 22.2. The Morgan fingerprint density at radius 1 is 0.349 bits per heavy atom. The summed E-state index contributed by atoms with van der Waals surface area (Å²) in [5.41, 5.74) is 18.0. The predicted molar refractivity (Wildman–Crippen MR) is 258 cm³/mol. The number of furan rings is 1. The first kappa shape index (κ1) is 35.9. The number of para-hydroxylation sites is 2. The molecule has 0 atom stereocenters. The van der Waals surface area contributed by atoms with Crippen LogP contribution in [0.15, 0.2) is 233 Å². The van der Waals surface area contributed by atoms with Crippen LogP contribution >= 0.6 is 11.8 Å². The smallest absolute Gasteiger partial charge is 0.160 e. The summed E-state index contributed by atoms with van der Waals surface area (Å²) in [5, 5.41) is 2.15. The van der Waals surface area contributed by atoms with Crippen molar-refractivity contribution in [1.82, 2.24) is 9.97 Å². The minimum Gasteiger partial charge on any atom is -0.455 e. The molecular weight excluding hydrogens is 785 g/mol. The largest absolute Gasteiger partial charge is 0.455 e. The van der Waals surface area contributed by atoms with E-state index in [9.17, 15) is 0 Å². The molecule has 0 fully saturated rings. The van der Waals surface area contributed by atoms with Crippen LogP contribution in [0, 0.1) is 0 Å². The van der Waals surface area contributed by atoms with Gasteiger partial charge in [-0.25, -0.2) is 9.97 Å². The molecule has 2 aromatic heterocycles. The van der Waals surface area contributed by atoms with Gasteiger partial charge in [-0.05, 0) is 92.0 Å². The van der Waals surface area contributed by atoms with Gasteiger partial charge in [-0.1, -0.05) is 194 Å². The topological polar surface area (TPSA) is 38.9 Å². The highest BCUT2D eigenvalue weighted by Gasteiger charge is 2.50. The van der Waals surface area contributed by atoms with E-state index in [1.807, 2.05) is 23.9 Å². The molecule has 0 bridgehead atoms. The average Bonchev–Trinajstić information content (AvgIpc) is 3.88. The molecule has 0 amide bonds. The monoisotopic (exact) mass is 820 g/mol. The van der Waals surface area contributed by atoms with E-state index < -0.39 is 5.41 Å². The van der Waals surface area contributed by atoms with Crippen molar-refractivity contribution in [3.8, 4) is 67.3 Å². The van der Waals surface area contributed by atoms with Crippen LogP contribution in [0.3, 0.4) is 0 Å². The summed E-state index contributed by atoms with van der Waals surface area (Å²) in [6.07, 6.45) is 0. The van der Waals surface area contributed by atoms with Gasteiger partial charge in [0.15, 0.2) is 5.82 Å². The van der Waals surface area contributed by atoms with E-state index in [0.717, 1.165) is 61.1 Å². The Hall–Kier alpha value is -7.79. The van der Waals surface area contributed by atoms with Gasteiger partial charge in [0.05, 0.1) is 16.8 Å². The van der Waals surface area contributed by atoms with Gasteiger partial charge in [0, 0.05) is 37.3 Å². The Morgan fingerprint density at radius 2 is 0.889 bits per heavy atom. The number of aromatic nitrogens is 2. The third kappa shape index (κ3) is 5.48. The Bertz CT molecular complexity index is 3560. The fourth-order valence-electron chi connectivity index (χ4n) is 10.2. The van der Waals surface area contributed by atoms with E-state index in [1.54, 1.807) is 0 Å². The fraction of sp³-hybridized carbons (Fsp3) is 0.0169. The highest BCUT2D eigenvalue weighted by Crippen LogP contribution is 2.62. The number of nitrogens with zero attached hydrogens (tertiary/aromatic N) is 2. The molecule has 3 nitrogen and oxygen atoms in total. The van der Waals surface area contributed by atoms with Gasteiger partial charge in [0.25, 0.3) is 0 Å². The zero-order valence-electron chi connectivity index (χ0n) is 34.0. The molecule has 63 heavy (non-hydrogen) atoms. The van der Waals surface area contributed by atoms with Crippen molar-refractivity contribution < 1.29 is 4.42 Å². The van der Waals surface area contributed by atoms with Gasteiger partial charge >= 0.3 is 0 Å². The molecule has 1 aliphatic heterocycles. The lowest BCUT2D eigenvalue weighted by molar-refractivity contribution is 0.670. The van der Waals surface area contributed by atoms with Crippen molar-refractivity contribution in [2.24, 2.45) is 0 Å². The molecule has 0 saturated heterocycles. The molecule has 294 valence electrons. The van der Waals surface area contributed by atoms with Crippen molar-refractivity contribution in [3.63, 3.8) is 0 Å². The first-order valence-electron chi connectivity index (χ1n) is 21.4. The fourth-order valence-corrected chi connectivity index (χ4v) is 11.4. The van der Waals surface area contributed by atoms with E-state index in [0.29, 0.717) is 5.82 Å². The lowest BCUT2D eigenvalue weighted by Gasteiger charge is -2.39. The first-order chi connectivity index (χ1) is 31.2. The molecule has 11 aromatic rings. The zero-order valence-corrected chi connectivity index (χ0v) is 34.8. The summed E-state index contributed by atoms with van der Waals surface area (Å²) >= 11 is 1.86. The Balaban J connectivity index is 1.03. The van der Waals surface area contributed by atoms with E-state index in [-0.39, 0.29) is 0 Å². The Labute approximate surface area is 369 Å². The van der Waals surface area contributed by atoms with Crippen LogP contribution in [0.25, 0.3) is 89.2 Å². The predicted octanol–water partition coefficient (Wildman–Crippen LogP) is 15.5. The van der Waals surface area contributed by atoms with Gasteiger partial charge in [0.1, 0.15) is 11.2 Å². The van der Waals surface area contributed by atoms with E-state index >= 15 is 0 Å². The van der Waals surface area contributed by atoms with E-state index in [1.165, 1.54) is 54.3 Å². The summed E-state index contributed by atoms with van der Waals surface area (Å²) in [5.74, 6) is 0.658. The molecule has 9 aromatic carbocycles. The summed E-state index contributed by atoms with van der Waals surface area (Å²) in [7, 11) is 0. The molecule has 2 aliphatic rings. The van der Waals surface area contributed by atoms with Crippen LogP contribution in [0.1, 0.15) is 22.3 Å². The number of benzene rings is 9. The normalized spacial score (nSPS) is 13.1. The van der Waals surface area contributed by atoms with Gasteiger partial charge in [-0.2, -0.15) is 0 Å². The molecule has 0 N–H and O–H groups in total. The van der Waals surface area contributed by atoms with Crippen LogP contribution in [0.4, 0.5) is 0 Å². The second-order valence-corrected chi connectivity index (χ2v) is 17.5. The number of rotatable bonds is 5. The summed E-state index contributed by atoms with van der Waals surface area (Å²) in [6.45, 7) is 0. The Morgan fingerprint density at radius 3 is 1.67 bits per heavy atom. The highest BCUT2D eigenvalue weighted by molar-refractivity contribution is 7.99.